The number of esters is 1. The van der Waals surface area contributed by atoms with Gasteiger partial charge in [-0.1, -0.05) is 20.3 Å². The molecule has 2 N–H and O–H groups in total. The Labute approximate surface area is 87.0 Å². The molecular weight excluding hydrogens is 178 g/mol. The highest BCUT2D eigenvalue weighted by Crippen LogP contribution is 2.13. The fraction of sp³-hybridized carbons (Fsp3) is 0.818. The molecule has 1 radical (unpaired) electrons. The Morgan fingerprint density at radius 3 is 2.36 bits per heavy atom. The quantitative estimate of drug-likeness (QED) is 0.705. The predicted octanol–water partition coefficient (Wildman–Crippen LogP) is 1.91. The number of nitrogens with two attached hydrogens (primary N) is 1. The molecule has 14 heavy (non-hydrogen) atoms. The molecule has 0 aliphatic heterocycles. The van der Waals surface area contributed by atoms with Crippen molar-refractivity contribution in [1.29, 1.82) is 0 Å². The Morgan fingerprint density at radius 2 is 2.00 bits per heavy atom. The van der Waals surface area contributed by atoms with Gasteiger partial charge in [0.2, 0.25) is 0 Å². The molecule has 3 nitrogen and oxygen atoms in total. The molecule has 0 rings (SSSR count). The van der Waals surface area contributed by atoms with Gasteiger partial charge in [-0.2, -0.15) is 0 Å². The van der Waals surface area contributed by atoms with Gasteiger partial charge in [0.25, 0.3) is 0 Å². The Hall–Kier alpha value is -0.570. The van der Waals surface area contributed by atoms with Crippen molar-refractivity contribution >= 4 is 5.97 Å². The number of carbonyl (C=O) groups excluding carboxylic acids is 1. The average molecular weight is 200 g/mol. The van der Waals surface area contributed by atoms with E-state index in [1.807, 2.05) is 27.7 Å². The van der Waals surface area contributed by atoms with Crippen LogP contribution in [0.1, 0.15) is 40.5 Å². The third-order valence-corrected chi connectivity index (χ3v) is 1.86. The maximum atomic E-state index is 11.4. The minimum absolute atomic E-state index is 0.321. The zero-order valence-corrected chi connectivity index (χ0v) is 9.67. The second-order valence-corrected chi connectivity index (χ2v) is 4.77. The van der Waals surface area contributed by atoms with Crippen LogP contribution in [0.15, 0.2) is 0 Å². The molecule has 3 heteroatoms. The summed E-state index contributed by atoms with van der Waals surface area (Å²) in [5.74, 6) is 0.0373. The van der Waals surface area contributed by atoms with Crippen molar-refractivity contribution in [3.05, 3.63) is 6.92 Å². The van der Waals surface area contributed by atoms with E-state index in [1.165, 1.54) is 0 Å². The summed E-state index contributed by atoms with van der Waals surface area (Å²) in [7, 11) is 0. The van der Waals surface area contributed by atoms with Crippen LogP contribution >= 0.6 is 0 Å². The van der Waals surface area contributed by atoms with Gasteiger partial charge in [-0.3, -0.25) is 4.79 Å². The summed E-state index contributed by atoms with van der Waals surface area (Å²) >= 11 is 0. The van der Waals surface area contributed by atoms with Crippen LogP contribution in [-0.2, 0) is 9.53 Å². The lowest BCUT2D eigenvalue weighted by molar-refractivity contribution is -0.156. The summed E-state index contributed by atoms with van der Waals surface area (Å²) in [6.45, 7) is 11.3. The molecule has 2 atom stereocenters. The SMILES string of the molecule is [CH2]CC(C)CC(N)C(=O)OC(C)(C)C. The first-order chi connectivity index (χ1) is 6.26. The van der Waals surface area contributed by atoms with E-state index in [9.17, 15) is 4.79 Å². The van der Waals surface area contributed by atoms with Crippen molar-refractivity contribution in [1.82, 2.24) is 0 Å². The van der Waals surface area contributed by atoms with Crippen molar-refractivity contribution in [2.24, 2.45) is 11.7 Å². The topological polar surface area (TPSA) is 52.3 Å². The van der Waals surface area contributed by atoms with Gasteiger partial charge in [-0.05, 0) is 33.1 Å². The van der Waals surface area contributed by atoms with Crippen LogP contribution in [0.5, 0.6) is 0 Å². The molecule has 0 bridgehead atoms. The molecule has 0 aromatic heterocycles. The molecular formula is C11H22NO2. The second kappa shape index (κ2) is 5.35. The zero-order chi connectivity index (χ0) is 11.4. The summed E-state index contributed by atoms with van der Waals surface area (Å²) in [5, 5.41) is 0. The van der Waals surface area contributed by atoms with Crippen LogP contribution in [0.25, 0.3) is 0 Å². The van der Waals surface area contributed by atoms with E-state index in [-0.39, 0.29) is 5.97 Å². The minimum atomic E-state index is -0.522. The number of rotatable bonds is 4. The standard InChI is InChI=1S/C11H22NO2/c1-6-8(2)7-9(12)10(13)14-11(3,4)5/h8-9H,1,6-7,12H2,2-5H3. The van der Waals surface area contributed by atoms with Gasteiger partial charge in [0.1, 0.15) is 11.6 Å². The summed E-state index contributed by atoms with van der Waals surface area (Å²) in [6, 6.07) is -0.522. The molecule has 0 aliphatic carbocycles. The maximum Gasteiger partial charge on any atom is 0.323 e. The van der Waals surface area contributed by atoms with Gasteiger partial charge in [0.15, 0.2) is 0 Å². The summed E-state index contributed by atoms with van der Waals surface area (Å²) in [5.41, 5.74) is 5.24. The molecule has 0 heterocycles. The van der Waals surface area contributed by atoms with E-state index >= 15 is 0 Å². The van der Waals surface area contributed by atoms with Gasteiger partial charge in [-0.25, -0.2) is 0 Å². The van der Waals surface area contributed by atoms with E-state index in [4.69, 9.17) is 10.5 Å². The lowest BCUT2D eigenvalue weighted by atomic mass is 10.00. The van der Waals surface area contributed by atoms with Crippen molar-refractivity contribution in [3.63, 3.8) is 0 Å². The van der Waals surface area contributed by atoms with Crippen LogP contribution in [0.2, 0.25) is 0 Å². The Balaban J connectivity index is 4.00. The van der Waals surface area contributed by atoms with Crippen molar-refractivity contribution in [2.75, 3.05) is 0 Å². The van der Waals surface area contributed by atoms with Crippen molar-refractivity contribution in [2.45, 2.75) is 52.2 Å². The molecule has 0 spiro atoms. The molecule has 2 unspecified atom stereocenters. The Morgan fingerprint density at radius 1 is 1.50 bits per heavy atom. The van der Waals surface area contributed by atoms with Crippen LogP contribution in [-0.4, -0.2) is 17.6 Å². The largest absolute Gasteiger partial charge is 0.459 e. The predicted molar refractivity (Wildman–Crippen MR) is 57.6 cm³/mol. The first-order valence-corrected chi connectivity index (χ1v) is 5.04. The monoisotopic (exact) mass is 200 g/mol. The van der Waals surface area contributed by atoms with Gasteiger partial charge >= 0.3 is 5.97 Å². The van der Waals surface area contributed by atoms with Crippen molar-refractivity contribution < 1.29 is 9.53 Å². The van der Waals surface area contributed by atoms with E-state index in [0.29, 0.717) is 12.3 Å². The molecule has 0 aliphatic rings. The summed E-state index contributed by atoms with van der Waals surface area (Å²) in [4.78, 5) is 11.4. The van der Waals surface area contributed by atoms with Crippen LogP contribution in [0.3, 0.4) is 0 Å². The van der Waals surface area contributed by atoms with Crippen molar-refractivity contribution in [3.8, 4) is 0 Å². The molecule has 0 fully saturated rings. The lowest BCUT2D eigenvalue weighted by Gasteiger charge is -2.23. The van der Waals surface area contributed by atoms with E-state index < -0.39 is 11.6 Å². The molecule has 0 aromatic carbocycles. The zero-order valence-electron chi connectivity index (χ0n) is 9.67. The normalized spacial score (nSPS) is 16.1. The molecule has 0 saturated carbocycles. The molecule has 83 valence electrons. The Bertz CT molecular complexity index is 184. The van der Waals surface area contributed by atoms with Gasteiger partial charge in [-0.15, -0.1) is 0 Å². The highest BCUT2D eigenvalue weighted by atomic mass is 16.6. The first-order valence-electron chi connectivity index (χ1n) is 5.04. The Kier molecular flexibility index (Phi) is 5.13. The summed E-state index contributed by atoms with van der Waals surface area (Å²) in [6.07, 6.45) is 1.43. The van der Waals surface area contributed by atoms with Crippen LogP contribution in [0, 0.1) is 12.8 Å². The third-order valence-electron chi connectivity index (χ3n) is 1.86. The van der Waals surface area contributed by atoms with Gasteiger partial charge in [0.05, 0.1) is 0 Å². The fourth-order valence-corrected chi connectivity index (χ4v) is 1.03. The van der Waals surface area contributed by atoms with Gasteiger partial charge in [0, 0.05) is 0 Å². The number of ether oxygens (including phenoxy) is 1. The summed E-state index contributed by atoms with van der Waals surface area (Å²) < 4.78 is 5.16. The van der Waals surface area contributed by atoms with Crippen LogP contribution < -0.4 is 5.73 Å². The third kappa shape index (κ3) is 5.97. The van der Waals surface area contributed by atoms with Crippen LogP contribution in [0.4, 0.5) is 0 Å². The number of hydrogen-bond acceptors (Lipinski definition) is 3. The molecule has 0 saturated heterocycles. The lowest BCUT2D eigenvalue weighted by Crippen LogP contribution is -2.38. The first kappa shape index (κ1) is 13.4. The number of hydrogen-bond donors (Lipinski definition) is 1. The minimum Gasteiger partial charge on any atom is -0.459 e. The van der Waals surface area contributed by atoms with E-state index in [0.717, 1.165) is 6.42 Å². The van der Waals surface area contributed by atoms with Gasteiger partial charge < -0.3 is 10.5 Å². The fourth-order valence-electron chi connectivity index (χ4n) is 1.03. The maximum absolute atomic E-state index is 11.4. The average Bonchev–Trinajstić information content (AvgIpc) is 2.00. The smallest absolute Gasteiger partial charge is 0.323 e. The second-order valence-electron chi connectivity index (χ2n) is 4.77. The van der Waals surface area contributed by atoms with E-state index in [1.54, 1.807) is 0 Å². The number of carbonyl (C=O) groups is 1. The highest BCUT2D eigenvalue weighted by molar-refractivity contribution is 5.75. The highest BCUT2D eigenvalue weighted by Gasteiger charge is 2.22. The molecule has 0 aromatic rings. The molecule has 0 amide bonds. The van der Waals surface area contributed by atoms with E-state index in [2.05, 4.69) is 6.92 Å².